The predicted octanol–water partition coefficient (Wildman–Crippen LogP) is 5.10. The van der Waals surface area contributed by atoms with Crippen molar-refractivity contribution in [3.8, 4) is 0 Å². The van der Waals surface area contributed by atoms with E-state index >= 15 is 0 Å². The molecule has 0 fully saturated rings. The first-order valence-corrected chi connectivity index (χ1v) is 9.27. The van der Waals surface area contributed by atoms with Crippen LogP contribution < -0.4 is 4.90 Å². The molecule has 0 radical (unpaired) electrons. The molecule has 28 heavy (non-hydrogen) atoms. The molecule has 0 unspecified atom stereocenters. The van der Waals surface area contributed by atoms with Crippen molar-refractivity contribution in [2.24, 2.45) is 4.99 Å². The third kappa shape index (κ3) is 4.65. The minimum absolute atomic E-state index is 0.313. The normalized spacial score (nSPS) is 11.2. The fourth-order valence-electron chi connectivity index (χ4n) is 2.82. The molecule has 0 spiro atoms. The number of carbonyl (C=O) groups is 1. The topological polar surface area (TPSA) is 41.9 Å². The Hall–Kier alpha value is -3.40. The lowest BCUT2D eigenvalue weighted by molar-refractivity contribution is 0.0526. The van der Waals surface area contributed by atoms with Gasteiger partial charge in [0.1, 0.15) is 0 Å². The molecule has 0 saturated heterocycles. The molecular weight excluding hydrogens is 348 g/mol. The number of hydrogen-bond acceptors (Lipinski definition) is 4. The number of anilines is 1. The van der Waals surface area contributed by atoms with Crippen LogP contribution in [0.2, 0.25) is 0 Å². The van der Waals surface area contributed by atoms with Crippen LogP contribution in [0.25, 0.3) is 0 Å². The van der Waals surface area contributed by atoms with E-state index in [-0.39, 0.29) is 5.97 Å². The molecule has 4 nitrogen and oxygen atoms in total. The van der Waals surface area contributed by atoms with E-state index in [0.29, 0.717) is 12.2 Å². The van der Waals surface area contributed by atoms with E-state index in [9.17, 15) is 4.79 Å². The van der Waals surface area contributed by atoms with Crippen molar-refractivity contribution < 1.29 is 9.53 Å². The maximum Gasteiger partial charge on any atom is 0.338 e. The highest BCUT2D eigenvalue weighted by Crippen LogP contribution is 2.22. The Bertz CT molecular complexity index is 944. The standard InChI is InChI=1S/C24H24N2O2/c1-4-28-24(27)20-12-10-19(11-13-20)23(18-8-6-5-7-9-18)25-21-14-16-22(17-15-21)26(2)3/h5-17H,4H2,1-3H3. The van der Waals surface area contributed by atoms with Crippen molar-refractivity contribution in [1.82, 2.24) is 0 Å². The number of aliphatic imine (C=N–C) groups is 1. The Morgan fingerprint density at radius 3 is 1.96 bits per heavy atom. The zero-order valence-electron chi connectivity index (χ0n) is 16.4. The van der Waals surface area contributed by atoms with Crippen molar-refractivity contribution in [2.45, 2.75) is 6.92 Å². The average Bonchev–Trinajstić information content (AvgIpc) is 2.73. The van der Waals surface area contributed by atoms with Gasteiger partial charge in [-0.05, 0) is 43.3 Å². The molecule has 0 heterocycles. The quantitative estimate of drug-likeness (QED) is 0.447. The van der Waals surface area contributed by atoms with Crippen LogP contribution in [-0.4, -0.2) is 32.4 Å². The average molecular weight is 372 g/mol. The van der Waals surface area contributed by atoms with Crippen molar-refractivity contribution in [2.75, 3.05) is 25.6 Å². The van der Waals surface area contributed by atoms with Gasteiger partial charge in [-0.3, -0.25) is 0 Å². The fourth-order valence-corrected chi connectivity index (χ4v) is 2.82. The molecule has 0 aliphatic heterocycles. The molecule has 142 valence electrons. The second-order valence-corrected chi connectivity index (χ2v) is 6.54. The van der Waals surface area contributed by atoms with Crippen LogP contribution in [0.4, 0.5) is 11.4 Å². The molecule has 3 rings (SSSR count). The van der Waals surface area contributed by atoms with Gasteiger partial charge in [-0.1, -0.05) is 42.5 Å². The minimum atomic E-state index is -0.313. The number of esters is 1. The van der Waals surface area contributed by atoms with Crippen molar-refractivity contribution in [1.29, 1.82) is 0 Å². The fraction of sp³-hybridized carbons (Fsp3) is 0.167. The first-order valence-electron chi connectivity index (χ1n) is 9.27. The van der Waals surface area contributed by atoms with Gasteiger partial charge < -0.3 is 9.64 Å². The summed E-state index contributed by atoms with van der Waals surface area (Å²) in [5, 5.41) is 0. The van der Waals surface area contributed by atoms with Crippen LogP contribution in [-0.2, 0) is 4.74 Å². The molecule has 4 heteroatoms. The summed E-state index contributed by atoms with van der Waals surface area (Å²) in [6.07, 6.45) is 0. The molecule has 0 aliphatic carbocycles. The first kappa shape index (κ1) is 19.4. The van der Waals surface area contributed by atoms with Gasteiger partial charge in [0.15, 0.2) is 0 Å². The number of ether oxygens (including phenoxy) is 1. The zero-order chi connectivity index (χ0) is 19.9. The SMILES string of the molecule is CCOC(=O)c1ccc(C(=Nc2ccc(N(C)C)cc2)c2ccccc2)cc1. The van der Waals surface area contributed by atoms with Crippen molar-refractivity contribution in [3.05, 3.63) is 95.6 Å². The highest BCUT2D eigenvalue weighted by Gasteiger charge is 2.10. The monoisotopic (exact) mass is 372 g/mol. The van der Waals surface area contributed by atoms with E-state index in [2.05, 4.69) is 4.90 Å². The summed E-state index contributed by atoms with van der Waals surface area (Å²) in [7, 11) is 4.03. The van der Waals surface area contributed by atoms with Crippen LogP contribution in [0.3, 0.4) is 0 Å². The van der Waals surface area contributed by atoms with Crippen LogP contribution in [0.1, 0.15) is 28.4 Å². The molecule has 0 atom stereocenters. The second-order valence-electron chi connectivity index (χ2n) is 6.54. The van der Waals surface area contributed by atoms with E-state index < -0.39 is 0 Å². The lowest BCUT2D eigenvalue weighted by atomic mass is 10.0. The van der Waals surface area contributed by atoms with Crippen molar-refractivity contribution in [3.63, 3.8) is 0 Å². The molecule has 0 aliphatic rings. The van der Waals surface area contributed by atoms with E-state index in [0.717, 1.165) is 28.2 Å². The predicted molar refractivity (Wildman–Crippen MR) is 115 cm³/mol. The van der Waals surface area contributed by atoms with Crippen LogP contribution >= 0.6 is 0 Å². The summed E-state index contributed by atoms with van der Waals surface area (Å²) >= 11 is 0. The molecule has 3 aromatic rings. The van der Waals surface area contributed by atoms with Gasteiger partial charge in [0.05, 0.1) is 23.6 Å². The van der Waals surface area contributed by atoms with Gasteiger partial charge >= 0.3 is 5.97 Å². The van der Waals surface area contributed by atoms with Crippen LogP contribution in [0.5, 0.6) is 0 Å². The zero-order valence-corrected chi connectivity index (χ0v) is 16.4. The van der Waals surface area contributed by atoms with Crippen molar-refractivity contribution >= 4 is 23.1 Å². The molecule has 0 amide bonds. The van der Waals surface area contributed by atoms with E-state index in [1.165, 1.54) is 0 Å². The number of benzene rings is 3. The largest absolute Gasteiger partial charge is 0.462 e. The third-order valence-corrected chi connectivity index (χ3v) is 4.32. The van der Waals surface area contributed by atoms with E-state index in [1.807, 2.05) is 80.8 Å². The maximum absolute atomic E-state index is 11.9. The molecule has 0 saturated carbocycles. The molecule has 3 aromatic carbocycles. The summed E-state index contributed by atoms with van der Waals surface area (Å²) < 4.78 is 5.07. The van der Waals surface area contributed by atoms with Gasteiger partial charge in [-0.2, -0.15) is 0 Å². The maximum atomic E-state index is 11.9. The van der Waals surface area contributed by atoms with E-state index in [4.69, 9.17) is 9.73 Å². The summed E-state index contributed by atoms with van der Waals surface area (Å²) in [5.74, 6) is -0.313. The Labute approximate surface area is 166 Å². The Kier molecular flexibility index (Phi) is 6.22. The lowest BCUT2D eigenvalue weighted by Crippen LogP contribution is -2.08. The van der Waals surface area contributed by atoms with E-state index in [1.54, 1.807) is 19.1 Å². The minimum Gasteiger partial charge on any atom is -0.462 e. The highest BCUT2D eigenvalue weighted by molar-refractivity contribution is 6.14. The lowest BCUT2D eigenvalue weighted by Gasteiger charge is -2.12. The van der Waals surface area contributed by atoms with Crippen LogP contribution in [0, 0.1) is 0 Å². The number of hydrogen-bond donors (Lipinski definition) is 0. The Morgan fingerprint density at radius 2 is 1.39 bits per heavy atom. The van der Waals surface area contributed by atoms with Gasteiger partial charge in [0.2, 0.25) is 0 Å². The summed E-state index contributed by atoms with van der Waals surface area (Å²) in [5.41, 5.74) is 5.35. The number of carbonyl (C=O) groups excluding carboxylic acids is 1. The third-order valence-electron chi connectivity index (χ3n) is 4.32. The highest BCUT2D eigenvalue weighted by atomic mass is 16.5. The van der Waals surface area contributed by atoms with Gasteiger partial charge in [-0.15, -0.1) is 0 Å². The van der Waals surface area contributed by atoms with Gasteiger partial charge in [0, 0.05) is 30.9 Å². The molecular formula is C24H24N2O2. The summed E-state index contributed by atoms with van der Waals surface area (Å²) in [6.45, 7) is 2.16. The van der Waals surface area contributed by atoms with Crippen LogP contribution in [0.15, 0.2) is 83.9 Å². The van der Waals surface area contributed by atoms with Gasteiger partial charge in [0.25, 0.3) is 0 Å². The smallest absolute Gasteiger partial charge is 0.338 e. The molecule has 0 aromatic heterocycles. The first-order chi connectivity index (χ1) is 13.6. The molecule has 0 N–H and O–H groups in total. The number of nitrogens with zero attached hydrogens (tertiary/aromatic N) is 2. The Morgan fingerprint density at radius 1 is 0.821 bits per heavy atom. The number of rotatable bonds is 6. The summed E-state index contributed by atoms with van der Waals surface area (Å²) in [6, 6.07) is 25.5. The second kappa shape index (κ2) is 9.00. The summed E-state index contributed by atoms with van der Waals surface area (Å²) in [4.78, 5) is 18.9. The Balaban J connectivity index is 1.99. The van der Waals surface area contributed by atoms with Gasteiger partial charge in [-0.25, -0.2) is 9.79 Å². The molecule has 0 bridgehead atoms.